The molecular formula is C15H25N4O5P. The minimum atomic E-state index is -3.65. The van der Waals surface area contributed by atoms with E-state index in [1.807, 2.05) is 0 Å². The highest BCUT2D eigenvalue weighted by Crippen LogP contribution is 2.51. The molecule has 0 heterocycles. The Morgan fingerprint density at radius 3 is 2.12 bits per heavy atom. The number of nitrogens with zero attached hydrogens (tertiary/aromatic N) is 2. The van der Waals surface area contributed by atoms with Crippen molar-refractivity contribution in [3.05, 3.63) is 34.4 Å². The lowest BCUT2D eigenvalue weighted by molar-refractivity contribution is -0.384. The standard InChI is InChI=1S/C15H25N4O5P/c1-6-16-15(25(22,23-11(2)3)24-12(4)5)18-17-13-7-9-14(10-8-13)19(20)21/h7-12,17H,6H2,1-5H3,(H,16,18). The van der Waals surface area contributed by atoms with E-state index in [9.17, 15) is 14.7 Å². The molecule has 0 aromatic heterocycles. The van der Waals surface area contributed by atoms with Crippen LogP contribution in [0.5, 0.6) is 0 Å². The summed E-state index contributed by atoms with van der Waals surface area (Å²) < 4.78 is 24.1. The summed E-state index contributed by atoms with van der Waals surface area (Å²) in [6.45, 7) is 9.18. The summed E-state index contributed by atoms with van der Waals surface area (Å²) in [6.07, 6.45) is -0.652. The van der Waals surface area contributed by atoms with Gasteiger partial charge in [-0.15, -0.1) is 0 Å². The second-order valence-electron chi connectivity index (χ2n) is 5.66. The second-order valence-corrected chi connectivity index (χ2v) is 7.50. The highest BCUT2D eigenvalue weighted by atomic mass is 31.2. The van der Waals surface area contributed by atoms with Gasteiger partial charge >= 0.3 is 7.60 Å². The predicted octanol–water partition coefficient (Wildman–Crippen LogP) is 3.93. The van der Waals surface area contributed by atoms with Gasteiger partial charge in [-0.05, 0) is 46.8 Å². The van der Waals surface area contributed by atoms with Gasteiger partial charge in [-0.3, -0.25) is 30.5 Å². The van der Waals surface area contributed by atoms with Crippen LogP contribution in [0, 0.1) is 10.1 Å². The summed E-state index contributed by atoms with van der Waals surface area (Å²) >= 11 is 0. The van der Waals surface area contributed by atoms with Crippen LogP contribution < -0.4 is 10.9 Å². The number of aliphatic imine (C=N–C) groups is 1. The van der Waals surface area contributed by atoms with E-state index in [0.717, 1.165) is 0 Å². The second kappa shape index (κ2) is 9.50. The van der Waals surface area contributed by atoms with Gasteiger partial charge in [-0.25, -0.2) is 0 Å². The Labute approximate surface area is 147 Å². The fourth-order valence-corrected chi connectivity index (χ4v) is 3.69. The van der Waals surface area contributed by atoms with Crippen LogP contribution in [0.2, 0.25) is 0 Å². The Morgan fingerprint density at radius 2 is 1.72 bits per heavy atom. The average molecular weight is 372 g/mol. The maximum atomic E-state index is 13.1. The molecule has 0 amide bonds. The van der Waals surface area contributed by atoms with Gasteiger partial charge in [0.1, 0.15) is 0 Å². The van der Waals surface area contributed by atoms with Gasteiger partial charge in [0.05, 0.1) is 22.8 Å². The van der Waals surface area contributed by atoms with Crippen LogP contribution in [0.4, 0.5) is 11.4 Å². The largest absolute Gasteiger partial charge is 0.397 e. The average Bonchev–Trinajstić information content (AvgIpc) is 2.50. The van der Waals surface area contributed by atoms with E-state index in [0.29, 0.717) is 12.2 Å². The topological polar surface area (TPSA) is 115 Å². The molecule has 10 heteroatoms. The van der Waals surface area contributed by atoms with Gasteiger partial charge < -0.3 is 9.05 Å². The van der Waals surface area contributed by atoms with Crippen molar-refractivity contribution in [1.82, 2.24) is 5.43 Å². The highest BCUT2D eigenvalue weighted by molar-refractivity contribution is 7.72. The number of nitro benzene ring substituents is 1. The van der Waals surface area contributed by atoms with Crippen molar-refractivity contribution in [2.75, 3.05) is 12.0 Å². The Kier molecular flexibility index (Phi) is 8.02. The number of rotatable bonds is 9. The van der Waals surface area contributed by atoms with Crippen LogP contribution in [-0.2, 0) is 13.6 Å². The third-order valence-electron chi connectivity index (χ3n) is 2.66. The van der Waals surface area contributed by atoms with E-state index < -0.39 is 12.5 Å². The molecule has 0 unspecified atom stereocenters. The van der Waals surface area contributed by atoms with Gasteiger partial charge in [0, 0.05) is 18.7 Å². The minimum absolute atomic E-state index is 0.0232. The van der Waals surface area contributed by atoms with E-state index in [4.69, 9.17) is 9.05 Å². The molecule has 2 N–H and O–H groups in total. The van der Waals surface area contributed by atoms with Crippen LogP contribution in [-0.4, -0.2) is 29.3 Å². The maximum Gasteiger partial charge on any atom is 0.397 e. The molecule has 0 saturated carbocycles. The molecule has 1 rings (SSSR count). The molecule has 0 fully saturated rings. The van der Waals surface area contributed by atoms with E-state index >= 15 is 0 Å². The van der Waals surface area contributed by atoms with Gasteiger partial charge in [-0.2, -0.15) is 0 Å². The summed E-state index contributed by atoms with van der Waals surface area (Å²) in [6, 6.07) is 5.75. The van der Waals surface area contributed by atoms with Crippen LogP contribution in [0.1, 0.15) is 34.6 Å². The molecule has 0 aliphatic rings. The van der Waals surface area contributed by atoms with Crippen molar-refractivity contribution in [3.8, 4) is 0 Å². The zero-order valence-corrected chi connectivity index (χ0v) is 15.9. The quantitative estimate of drug-likeness (QED) is 0.222. The smallest absolute Gasteiger partial charge is 0.300 e. The van der Waals surface area contributed by atoms with Gasteiger partial charge in [0.15, 0.2) is 0 Å². The van der Waals surface area contributed by atoms with Crippen molar-refractivity contribution in [1.29, 1.82) is 0 Å². The molecule has 140 valence electrons. The summed E-state index contributed by atoms with van der Waals surface area (Å²) in [7, 11) is -3.65. The van der Waals surface area contributed by atoms with Gasteiger partial charge in [-0.1, -0.05) is 0 Å². The molecule has 9 nitrogen and oxygen atoms in total. The monoisotopic (exact) mass is 372 g/mol. The Hall–Kier alpha value is -1.96. The molecule has 1 aromatic carbocycles. The zero-order chi connectivity index (χ0) is 19.0. The fraction of sp³-hybridized carbons (Fsp3) is 0.533. The van der Waals surface area contributed by atoms with Crippen molar-refractivity contribution in [3.63, 3.8) is 0 Å². The minimum Gasteiger partial charge on any atom is -0.300 e. The number of hydrogen-bond donors (Lipinski definition) is 2. The number of benzene rings is 1. The molecule has 25 heavy (non-hydrogen) atoms. The fourth-order valence-electron chi connectivity index (χ4n) is 1.82. The summed E-state index contributed by atoms with van der Waals surface area (Å²) in [5.41, 5.74) is 6.13. The molecule has 1 aromatic rings. The Balaban J connectivity index is 2.95. The summed E-state index contributed by atoms with van der Waals surface area (Å²) in [4.78, 5) is 14.4. The van der Waals surface area contributed by atoms with Crippen LogP contribution in [0.3, 0.4) is 0 Å². The summed E-state index contributed by atoms with van der Waals surface area (Å²) in [5.74, 6) is 0. The van der Waals surface area contributed by atoms with E-state index in [2.05, 4.69) is 15.8 Å². The third-order valence-corrected chi connectivity index (χ3v) is 4.83. The first-order chi connectivity index (χ1) is 11.7. The first-order valence-electron chi connectivity index (χ1n) is 7.96. The normalized spacial score (nSPS) is 12.5. The molecular weight excluding hydrogens is 347 g/mol. The van der Waals surface area contributed by atoms with Crippen LogP contribution >= 0.6 is 7.60 Å². The first kappa shape index (κ1) is 21.1. The van der Waals surface area contributed by atoms with Crippen molar-refractivity contribution < 1.29 is 18.5 Å². The number of nitrogens with one attached hydrogen (secondary N) is 2. The van der Waals surface area contributed by atoms with Crippen molar-refractivity contribution in [2.45, 2.75) is 46.8 Å². The number of nitro groups is 1. The molecule has 0 aliphatic heterocycles. The van der Waals surface area contributed by atoms with Crippen molar-refractivity contribution >= 4 is 24.5 Å². The number of non-ortho nitro benzene ring substituents is 1. The molecule has 0 radical (unpaired) electrons. The van der Waals surface area contributed by atoms with Gasteiger partial charge in [0.2, 0.25) is 5.58 Å². The molecule has 0 atom stereocenters. The molecule has 0 bridgehead atoms. The molecule has 0 saturated heterocycles. The first-order valence-corrected chi connectivity index (χ1v) is 9.50. The third kappa shape index (κ3) is 6.81. The molecule has 0 aliphatic carbocycles. The number of hydrazine groups is 1. The SMILES string of the molecule is CCN=C(NNc1ccc([N+](=O)[O-])cc1)P(=O)(OC(C)C)OC(C)C. The number of hydrogen-bond acceptors (Lipinski definition) is 7. The lowest BCUT2D eigenvalue weighted by Gasteiger charge is -2.24. The van der Waals surface area contributed by atoms with E-state index in [1.54, 1.807) is 34.6 Å². The Bertz CT molecular complexity index is 632. The van der Waals surface area contributed by atoms with E-state index in [-0.39, 0.29) is 23.5 Å². The predicted molar refractivity (Wildman–Crippen MR) is 97.9 cm³/mol. The van der Waals surface area contributed by atoms with Crippen LogP contribution in [0.25, 0.3) is 0 Å². The van der Waals surface area contributed by atoms with Crippen LogP contribution in [0.15, 0.2) is 29.3 Å². The maximum absolute atomic E-state index is 13.1. The Morgan fingerprint density at radius 1 is 1.20 bits per heavy atom. The summed E-state index contributed by atoms with van der Waals surface area (Å²) in [5, 5.41) is 10.7. The zero-order valence-electron chi connectivity index (χ0n) is 15.1. The lowest BCUT2D eigenvalue weighted by Crippen LogP contribution is -2.32. The lowest BCUT2D eigenvalue weighted by atomic mass is 10.3. The van der Waals surface area contributed by atoms with E-state index in [1.165, 1.54) is 24.3 Å². The molecule has 0 spiro atoms. The van der Waals surface area contributed by atoms with Crippen molar-refractivity contribution in [2.24, 2.45) is 4.99 Å². The highest BCUT2D eigenvalue weighted by Gasteiger charge is 2.35. The number of amidine groups is 1. The number of anilines is 1. The van der Waals surface area contributed by atoms with Gasteiger partial charge in [0.25, 0.3) is 5.69 Å².